The van der Waals surface area contributed by atoms with Crippen LogP contribution in [0.4, 0.5) is 4.39 Å². The lowest BCUT2D eigenvalue weighted by molar-refractivity contribution is 0.0989. The van der Waals surface area contributed by atoms with Crippen LogP contribution in [0.25, 0.3) is 5.69 Å². The minimum atomic E-state index is -0.271. The highest BCUT2D eigenvalue weighted by Gasteiger charge is 2.16. The van der Waals surface area contributed by atoms with Gasteiger partial charge in [0.05, 0.1) is 6.54 Å². The highest BCUT2D eigenvalue weighted by Crippen LogP contribution is 2.21. The lowest BCUT2D eigenvalue weighted by Gasteiger charge is -2.10. The number of aryl methyl sites for hydroxylation is 1. The van der Waals surface area contributed by atoms with E-state index in [-0.39, 0.29) is 11.6 Å². The van der Waals surface area contributed by atoms with E-state index in [0.29, 0.717) is 18.7 Å². The molecule has 1 N–H and O–H groups in total. The number of Topliss-reactive ketones (excluding diaryl/α,β-unsaturated/α-hetero) is 1. The van der Waals surface area contributed by atoms with Gasteiger partial charge in [0.15, 0.2) is 5.78 Å². The zero-order valence-corrected chi connectivity index (χ0v) is 13.9. The zero-order chi connectivity index (χ0) is 16.8. The molecule has 0 aliphatic heterocycles. The van der Waals surface area contributed by atoms with Crippen molar-refractivity contribution in [3.8, 4) is 5.69 Å². The first-order valence-corrected chi connectivity index (χ1v) is 7.72. The van der Waals surface area contributed by atoms with Gasteiger partial charge in [0.2, 0.25) is 0 Å². The van der Waals surface area contributed by atoms with Crippen LogP contribution in [-0.2, 0) is 4.74 Å². The summed E-state index contributed by atoms with van der Waals surface area (Å²) < 4.78 is 20.0. The van der Waals surface area contributed by atoms with E-state index in [4.69, 9.17) is 4.74 Å². The van der Waals surface area contributed by atoms with Gasteiger partial charge in [-0.15, -0.1) is 0 Å². The smallest absolute Gasteiger partial charge is 0.178 e. The van der Waals surface area contributed by atoms with Gasteiger partial charge in [-0.3, -0.25) is 4.79 Å². The maximum Gasteiger partial charge on any atom is 0.178 e. The first-order chi connectivity index (χ1) is 11.0. The van der Waals surface area contributed by atoms with Crippen molar-refractivity contribution in [1.29, 1.82) is 0 Å². The van der Waals surface area contributed by atoms with Gasteiger partial charge >= 0.3 is 0 Å². The van der Waals surface area contributed by atoms with E-state index >= 15 is 0 Å². The summed E-state index contributed by atoms with van der Waals surface area (Å²) >= 11 is 0. The summed E-state index contributed by atoms with van der Waals surface area (Å²) in [6.07, 6.45) is 0.873. The van der Waals surface area contributed by atoms with Crippen molar-refractivity contribution in [3.63, 3.8) is 0 Å². The predicted molar refractivity (Wildman–Crippen MR) is 88.9 cm³/mol. The van der Waals surface area contributed by atoms with Crippen molar-refractivity contribution in [2.45, 2.75) is 20.3 Å². The SMILES string of the molecule is COCCCNCC(=O)c1cc(C)n(-c2ccc(F)cc2)c1C. The number of aromatic nitrogens is 1. The molecule has 0 fully saturated rings. The van der Waals surface area contributed by atoms with Gasteiger partial charge in [-0.05, 0) is 57.1 Å². The number of carbonyl (C=O) groups excluding carboxylic acids is 1. The summed E-state index contributed by atoms with van der Waals surface area (Å²) in [5.74, 6) is -0.211. The Balaban J connectivity index is 2.11. The second-order valence-corrected chi connectivity index (χ2v) is 5.54. The number of ether oxygens (including phenoxy) is 1. The van der Waals surface area contributed by atoms with E-state index in [1.807, 2.05) is 24.5 Å². The second-order valence-electron chi connectivity index (χ2n) is 5.54. The third-order valence-corrected chi connectivity index (χ3v) is 3.80. The molecule has 5 heteroatoms. The molecular weight excluding hydrogens is 295 g/mol. The van der Waals surface area contributed by atoms with E-state index in [9.17, 15) is 9.18 Å². The van der Waals surface area contributed by atoms with E-state index < -0.39 is 0 Å². The highest BCUT2D eigenvalue weighted by molar-refractivity contribution is 5.99. The van der Waals surface area contributed by atoms with Gasteiger partial charge in [-0.25, -0.2) is 4.39 Å². The normalized spacial score (nSPS) is 11.0. The topological polar surface area (TPSA) is 43.3 Å². The van der Waals surface area contributed by atoms with Gasteiger partial charge in [0, 0.05) is 36.4 Å². The van der Waals surface area contributed by atoms with Gasteiger partial charge in [-0.2, -0.15) is 0 Å². The number of hydrogen-bond acceptors (Lipinski definition) is 3. The van der Waals surface area contributed by atoms with Gasteiger partial charge in [0.1, 0.15) is 5.82 Å². The number of rotatable bonds is 8. The molecule has 0 saturated heterocycles. The number of methoxy groups -OCH3 is 1. The van der Waals surface area contributed by atoms with Crippen LogP contribution >= 0.6 is 0 Å². The summed E-state index contributed by atoms with van der Waals surface area (Å²) in [5.41, 5.74) is 3.38. The van der Waals surface area contributed by atoms with Crippen LogP contribution in [0.15, 0.2) is 30.3 Å². The van der Waals surface area contributed by atoms with Crippen molar-refractivity contribution >= 4 is 5.78 Å². The quantitative estimate of drug-likeness (QED) is 0.601. The maximum absolute atomic E-state index is 13.1. The van der Waals surface area contributed by atoms with Crippen molar-refractivity contribution in [2.75, 3.05) is 26.8 Å². The Hall–Kier alpha value is -1.98. The maximum atomic E-state index is 13.1. The number of benzene rings is 1. The predicted octanol–water partition coefficient (Wildman–Crippen LogP) is 3.04. The molecule has 23 heavy (non-hydrogen) atoms. The summed E-state index contributed by atoms with van der Waals surface area (Å²) in [5, 5.41) is 3.13. The molecule has 1 aromatic carbocycles. The molecule has 4 nitrogen and oxygen atoms in total. The van der Waals surface area contributed by atoms with Crippen LogP contribution in [0, 0.1) is 19.7 Å². The van der Waals surface area contributed by atoms with Crippen molar-refractivity contribution in [1.82, 2.24) is 9.88 Å². The Bertz CT molecular complexity index is 662. The highest BCUT2D eigenvalue weighted by atomic mass is 19.1. The minimum absolute atomic E-state index is 0.0591. The van der Waals surface area contributed by atoms with E-state index in [1.165, 1.54) is 12.1 Å². The molecule has 0 unspecified atom stereocenters. The van der Waals surface area contributed by atoms with Crippen molar-refractivity contribution in [3.05, 3.63) is 53.1 Å². The lowest BCUT2D eigenvalue weighted by atomic mass is 10.1. The third kappa shape index (κ3) is 4.27. The van der Waals surface area contributed by atoms with Gasteiger partial charge in [0.25, 0.3) is 0 Å². The molecule has 1 heterocycles. The molecular formula is C18H23FN2O2. The molecule has 0 atom stereocenters. The number of hydrogen-bond donors (Lipinski definition) is 1. The Morgan fingerprint density at radius 2 is 1.96 bits per heavy atom. The molecule has 0 spiro atoms. The monoisotopic (exact) mass is 318 g/mol. The standard InChI is InChI=1S/C18H23FN2O2/c1-13-11-17(18(22)12-20-9-4-10-23-3)14(2)21(13)16-7-5-15(19)6-8-16/h5-8,11,20H,4,9-10,12H2,1-3H3. The zero-order valence-electron chi connectivity index (χ0n) is 13.9. The van der Waals surface area contributed by atoms with E-state index in [1.54, 1.807) is 19.2 Å². The Morgan fingerprint density at radius 1 is 1.26 bits per heavy atom. The summed E-state index contributed by atoms with van der Waals surface area (Å²) in [4.78, 5) is 12.4. The van der Waals surface area contributed by atoms with Crippen LogP contribution in [0.2, 0.25) is 0 Å². The fraction of sp³-hybridized carbons (Fsp3) is 0.389. The summed E-state index contributed by atoms with van der Waals surface area (Å²) in [7, 11) is 1.66. The molecule has 124 valence electrons. The summed E-state index contributed by atoms with van der Waals surface area (Å²) in [6.45, 7) is 5.58. The van der Waals surface area contributed by atoms with Crippen molar-refractivity contribution in [2.24, 2.45) is 0 Å². The number of nitrogens with one attached hydrogen (secondary N) is 1. The molecule has 0 aliphatic carbocycles. The van der Waals surface area contributed by atoms with E-state index in [2.05, 4.69) is 5.32 Å². The van der Waals surface area contributed by atoms with Crippen LogP contribution in [0.3, 0.4) is 0 Å². The average Bonchev–Trinajstić information content (AvgIpc) is 2.83. The molecule has 2 aromatic rings. The lowest BCUT2D eigenvalue weighted by Crippen LogP contribution is -2.25. The van der Waals surface area contributed by atoms with Crippen LogP contribution in [0.5, 0.6) is 0 Å². The molecule has 0 amide bonds. The molecule has 2 rings (SSSR count). The molecule has 0 saturated carbocycles. The third-order valence-electron chi connectivity index (χ3n) is 3.80. The molecule has 0 aliphatic rings. The number of halogens is 1. The van der Waals surface area contributed by atoms with Gasteiger partial charge in [-0.1, -0.05) is 0 Å². The largest absolute Gasteiger partial charge is 0.385 e. The first-order valence-electron chi connectivity index (χ1n) is 7.72. The summed E-state index contributed by atoms with van der Waals surface area (Å²) in [6, 6.07) is 8.16. The molecule has 0 radical (unpaired) electrons. The fourth-order valence-corrected chi connectivity index (χ4v) is 2.67. The molecule has 1 aromatic heterocycles. The van der Waals surface area contributed by atoms with Crippen LogP contribution in [-0.4, -0.2) is 37.2 Å². The second kappa shape index (κ2) is 8.04. The Kier molecular flexibility index (Phi) is 6.07. The van der Waals surface area contributed by atoms with Crippen LogP contribution in [0.1, 0.15) is 28.2 Å². The number of ketones is 1. The van der Waals surface area contributed by atoms with Crippen molar-refractivity contribution < 1.29 is 13.9 Å². The number of nitrogens with zero attached hydrogens (tertiary/aromatic N) is 1. The molecule has 0 bridgehead atoms. The van der Waals surface area contributed by atoms with Crippen LogP contribution < -0.4 is 5.32 Å². The average molecular weight is 318 g/mol. The Labute approximate surface area is 136 Å². The first kappa shape index (κ1) is 17.4. The minimum Gasteiger partial charge on any atom is -0.385 e. The van der Waals surface area contributed by atoms with E-state index in [0.717, 1.165) is 30.0 Å². The fourth-order valence-electron chi connectivity index (χ4n) is 2.67. The van der Waals surface area contributed by atoms with Gasteiger partial charge < -0.3 is 14.6 Å². The number of carbonyl (C=O) groups is 1. The Morgan fingerprint density at radius 3 is 2.61 bits per heavy atom.